The van der Waals surface area contributed by atoms with Gasteiger partial charge in [0.1, 0.15) is 0 Å². The van der Waals surface area contributed by atoms with Crippen LogP contribution in [-0.2, 0) is 0 Å². The Labute approximate surface area is 77.1 Å². The first-order valence-electron chi connectivity index (χ1n) is 3.78. The summed E-state index contributed by atoms with van der Waals surface area (Å²) < 4.78 is 0. The van der Waals surface area contributed by atoms with E-state index in [0.29, 0.717) is 5.69 Å². The lowest BCUT2D eigenvalue weighted by Gasteiger charge is -1.82. The first-order chi connectivity index (χ1) is 5.86. The summed E-state index contributed by atoms with van der Waals surface area (Å²) in [5.74, 6) is 0.849. The maximum Gasteiger partial charge on any atom is 0.166 e. The largest absolute Gasteiger partial charge is 0.358 e. The number of nitrogens with one attached hydrogen (secondary N) is 1. The smallest absolute Gasteiger partial charge is 0.166 e. The molecule has 0 radical (unpaired) electrons. The Morgan fingerprint density at radius 3 is 3.00 bits per heavy atom. The highest BCUT2D eigenvalue weighted by atomic mass is 32.1. The number of H-pyrrole nitrogens is 1. The van der Waals surface area contributed by atoms with Crippen LogP contribution in [0.1, 0.15) is 22.5 Å². The minimum absolute atomic E-state index is 0.612. The Morgan fingerprint density at radius 1 is 1.58 bits per heavy atom. The quantitative estimate of drug-likeness (QED) is 0.541. The van der Waals surface area contributed by atoms with Gasteiger partial charge in [0.05, 0.1) is 5.69 Å². The Bertz CT molecular complexity index is 278. The highest BCUT2D eigenvalue weighted by Gasteiger charge is 1.92. The number of allylic oxidation sites excluding steroid dienone is 1. The van der Waals surface area contributed by atoms with Crippen molar-refractivity contribution in [2.24, 2.45) is 0 Å². The van der Waals surface area contributed by atoms with E-state index in [0.717, 1.165) is 24.0 Å². The number of rotatable bonds is 4. The van der Waals surface area contributed by atoms with Crippen molar-refractivity contribution in [3.63, 3.8) is 0 Å². The van der Waals surface area contributed by atoms with Crippen molar-refractivity contribution in [2.75, 3.05) is 5.75 Å². The van der Waals surface area contributed by atoms with Gasteiger partial charge in [0.15, 0.2) is 6.29 Å². The van der Waals surface area contributed by atoms with Crippen LogP contribution < -0.4 is 0 Å². The molecule has 64 valence electrons. The second-order valence-corrected chi connectivity index (χ2v) is 2.87. The van der Waals surface area contributed by atoms with Crippen LogP contribution in [0, 0.1) is 0 Å². The molecule has 0 atom stereocenters. The molecule has 0 saturated heterocycles. The minimum Gasteiger partial charge on any atom is -0.358 e. The molecule has 0 amide bonds. The molecule has 1 rings (SSSR count). The third-order valence-electron chi connectivity index (χ3n) is 1.46. The lowest BCUT2D eigenvalue weighted by atomic mass is 10.3. The van der Waals surface area contributed by atoms with Crippen LogP contribution in [0.2, 0.25) is 0 Å². The van der Waals surface area contributed by atoms with Crippen LogP contribution in [-0.4, -0.2) is 17.0 Å². The zero-order valence-electron chi connectivity index (χ0n) is 6.66. The average molecular weight is 181 g/mol. The maximum absolute atomic E-state index is 10.3. The van der Waals surface area contributed by atoms with E-state index in [1.54, 1.807) is 6.20 Å². The number of hydrogen-bond donors (Lipinski definition) is 2. The Morgan fingerprint density at radius 2 is 2.42 bits per heavy atom. The molecule has 12 heavy (non-hydrogen) atoms. The SMILES string of the molecule is O=Cc1cc(C=CCCS)c[nH]1. The van der Waals surface area contributed by atoms with Crippen molar-refractivity contribution in [3.8, 4) is 0 Å². The lowest BCUT2D eigenvalue weighted by Crippen LogP contribution is -1.72. The van der Waals surface area contributed by atoms with E-state index in [4.69, 9.17) is 0 Å². The van der Waals surface area contributed by atoms with E-state index in [9.17, 15) is 4.79 Å². The van der Waals surface area contributed by atoms with Crippen LogP contribution in [0.5, 0.6) is 0 Å². The van der Waals surface area contributed by atoms with Gasteiger partial charge in [0.2, 0.25) is 0 Å². The van der Waals surface area contributed by atoms with Crippen LogP contribution in [0.15, 0.2) is 18.3 Å². The lowest BCUT2D eigenvalue weighted by molar-refractivity contribution is 0.111. The standard InChI is InChI=1S/C9H11NOS/c11-7-9-5-8(6-10-9)3-1-2-4-12/h1,3,5-7,10,12H,2,4H2. The first-order valence-corrected chi connectivity index (χ1v) is 4.41. The van der Waals surface area contributed by atoms with Gasteiger partial charge >= 0.3 is 0 Å². The summed E-state index contributed by atoms with van der Waals surface area (Å²) in [6, 6.07) is 1.81. The molecule has 0 unspecified atom stereocenters. The van der Waals surface area contributed by atoms with E-state index in [1.165, 1.54) is 0 Å². The highest BCUT2D eigenvalue weighted by molar-refractivity contribution is 7.80. The van der Waals surface area contributed by atoms with Gasteiger partial charge in [-0.3, -0.25) is 4.79 Å². The molecule has 0 aromatic carbocycles. The zero-order chi connectivity index (χ0) is 8.81. The molecule has 0 bridgehead atoms. The minimum atomic E-state index is 0.612. The number of thiol groups is 1. The fourth-order valence-electron chi connectivity index (χ4n) is 0.888. The Balaban J connectivity index is 2.57. The molecule has 1 aromatic heterocycles. The molecule has 0 aliphatic heterocycles. The van der Waals surface area contributed by atoms with Crippen LogP contribution >= 0.6 is 12.6 Å². The molecule has 3 heteroatoms. The fourth-order valence-corrected chi connectivity index (χ4v) is 1.04. The van der Waals surface area contributed by atoms with Crippen molar-refractivity contribution >= 4 is 25.0 Å². The van der Waals surface area contributed by atoms with Crippen molar-refractivity contribution in [3.05, 3.63) is 29.6 Å². The summed E-state index contributed by atoms with van der Waals surface area (Å²) in [6.45, 7) is 0. The highest BCUT2D eigenvalue weighted by Crippen LogP contribution is 2.04. The van der Waals surface area contributed by atoms with Gasteiger partial charge in [0.25, 0.3) is 0 Å². The monoisotopic (exact) mass is 181 g/mol. The van der Waals surface area contributed by atoms with Gasteiger partial charge < -0.3 is 4.98 Å². The third kappa shape index (κ3) is 2.58. The molecule has 0 aliphatic carbocycles. The molecular formula is C9H11NOS. The van der Waals surface area contributed by atoms with Gasteiger partial charge in [0, 0.05) is 6.20 Å². The van der Waals surface area contributed by atoms with E-state index in [2.05, 4.69) is 17.6 Å². The normalized spacial score (nSPS) is 10.8. The van der Waals surface area contributed by atoms with Crippen LogP contribution in [0.3, 0.4) is 0 Å². The summed E-state index contributed by atoms with van der Waals surface area (Å²) in [6.07, 6.45) is 7.56. The van der Waals surface area contributed by atoms with E-state index in [1.807, 2.05) is 18.2 Å². The summed E-state index contributed by atoms with van der Waals surface area (Å²) in [5, 5.41) is 0. The summed E-state index contributed by atoms with van der Waals surface area (Å²) in [7, 11) is 0. The van der Waals surface area contributed by atoms with Gasteiger partial charge in [-0.25, -0.2) is 0 Å². The predicted molar refractivity (Wildman–Crippen MR) is 53.7 cm³/mol. The number of hydrogen-bond acceptors (Lipinski definition) is 2. The van der Waals surface area contributed by atoms with Gasteiger partial charge in [-0.2, -0.15) is 12.6 Å². The predicted octanol–water partition coefficient (Wildman–Crippen LogP) is 2.16. The Kier molecular flexibility index (Phi) is 3.67. The first kappa shape index (κ1) is 9.13. The van der Waals surface area contributed by atoms with E-state index < -0.39 is 0 Å². The molecule has 0 aliphatic rings. The summed E-state index contributed by atoms with van der Waals surface area (Å²) in [5.41, 5.74) is 1.64. The second kappa shape index (κ2) is 4.83. The fraction of sp³-hybridized carbons (Fsp3) is 0.222. The number of aromatic nitrogens is 1. The molecule has 0 fully saturated rings. The van der Waals surface area contributed by atoms with Gasteiger partial charge in [-0.15, -0.1) is 0 Å². The van der Waals surface area contributed by atoms with Crippen molar-refractivity contribution in [1.29, 1.82) is 0 Å². The maximum atomic E-state index is 10.3. The molecule has 2 nitrogen and oxygen atoms in total. The van der Waals surface area contributed by atoms with Crippen LogP contribution in [0.25, 0.3) is 6.08 Å². The Hall–Kier alpha value is -0.960. The molecule has 1 aromatic rings. The van der Waals surface area contributed by atoms with E-state index >= 15 is 0 Å². The summed E-state index contributed by atoms with van der Waals surface area (Å²) in [4.78, 5) is 13.1. The number of aldehydes is 1. The van der Waals surface area contributed by atoms with Crippen LogP contribution in [0.4, 0.5) is 0 Å². The van der Waals surface area contributed by atoms with Gasteiger partial charge in [-0.1, -0.05) is 12.2 Å². The number of aromatic amines is 1. The van der Waals surface area contributed by atoms with Crippen molar-refractivity contribution in [1.82, 2.24) is 4.98 Å². The average Bonchev–Trinajstić information content (AvgIpc) is 2.53. The van der Waals surface area contributed by atoms with Crippen molar-refractivity contribution < 1.29 is 4.79 Å². The molecule has 1 N–H and O–H groups in total. The zero-order valence-corrected chi connectivity index (χ0v) is 7.55. The third-order valence-corrected chi connectivity index (χ3v) is 1.72. The van der Waals surface area contributed by atoms with Gasteiger partial charge in [-0.05, 0) is 23.8 Å². The number of carbonyl (C=O) groups is 1. The second-order valence-electron chi connectivity index (χ2n) is 2.42. The molecule has 0 spiro atoms. The topological polar surface area (TPSA) is 32.9 Å². The van der Waals surface area contributed by atoms with E-state index in [-0.39, 0.29) is 0 Å². The molecule has 0 saturated carbocycles. The molecular weight excluding hydrogens is 170 g/mol. The number of carbonyl (C=O) groups excluding carboxylic acids is 1. The molecule has 1 heterocycles. The summed E-state index contributed by atoms with van der Waals surface area (Å²) >= 11 is 4.08. The van der Waals surface area contributed by atoms with Crippen molar-refractivity contribution in [2.45, 2.75) is 6.42 Å².